The summed E-state index contributed by atoms with van der Waals surface area (Å²) >= 11 is 0. The predicted molar refractivity (Wildman–Crippen MR) is 33.7 cm³/mol. The third-order valence-corrected chi connectivity index (χ3v) is 0. The summed E-state index contributed by atoms with van der Waals surface area (Å²) < 4.78 is 31.6. The smallest absolute Gasteiger partial charge is 1.00 e. The summed E-state index contributed by atoms with van der Waals surface area (Å²) in [5, 5.41) is 0. The van der Waals surface area contributed by atoms with E-state index >= 15 is 0 Å². The van der Waals surface area contributed by atoms with Crippen molar-refractivity contribution in [3.63, 3.8) is 0 Å². The summed E-state index contributed by atoms with van der Waals surface area (Å²) in [6, 6.07) is 0. The summed E-state index contributed by atoms with van der Waals surface area (Å²) in [6.07, 6.45) is 0. The van der Waals surface area contributed by atoms with Gasteiger partial charge in [-0.3, -0.25) is 9.11 Å². The Hall–Kier alpha value is 2.66. The molecule has 0 heterocycles. The predicted octanol–water partition coefficient (Wildman–Crippen LogP) is -1.79. The molecule has 0 bridgehead atoms. The molecule has 0 aliphatic heterocycles. The van der Waals surface area contributed by atoms with E-state index in [1.807, 2.05) is 0 Å². The zero-order valence-electron chi connectivity index (χ0n) is 8.03. The van der Waals surface area contributed by atoms with Gasteiger partial charge in [0.1, 0.15) is 0 Å². The fourth-order valence-corrected chi connectivity index (χ4v) is 0. The van der Waals surface area contributed by atoms with E-state index in [1.165, 1.54) is 0 Å². The maximum absolute atomic E-state index is 8.74. The van der Waals surface area contributed by atoms with Gasteiger partial charge in [0.2, 0.25) is 0 Å². The standard InChI is InChI=1S/Ba.Ca.H2O4S.H2O.4H/c;;1-5(2,3)4;;;;;/h;;(H2,1,2,3,4);1H2;;;;/q2*+2;;;4*-1. The third-order valence-electron chi connectivity index (χ3n) is 0. The van der Waals surface area contributed by atoms with Gasteiger partial charge < -0.3 is 11.2 Å². The normalized spacial score (nSPS) is 7.25. The van der Waals surface area contributed by atoms with Crippen LogP contribution >= 0.6 is 0 Å². The maximum atomic E-state index is 8.74. The van der Waals surface area contributed by atoms with Crippen LogP contribution in [0.25, 0.3) is 0 Å². The number of hydrogen-bond donors (Lipinski definition) is 2. The molecule has 0 aromatic carbocycles. The molecule has 5 nitrogen and oxygen atoms in total. The molecule has 0 atom stereocenters. The Morgan fingerprint density at radius 2 is 1.25 bits per heavy atom. The zero-order chi connectivity index (χ0) is 4.50. The van der Waals surface area contributed by atoms with Crippen molar-refractivity contribution in [2.45, 2.75) is 0 Å². The van der Waals surface area contributed by atoms with E-state index < -0.39 is 10.4 Å². The topological polar surface area (TPSA) is 106 Å². The summed E-state index contributed by atoms with van der Waals surface area (Å²) in [6.45, 7) is 0. The molecule has 0 aromatic heterocycles. The summed E-state index contributed by atoms with van der Waals surface area (Å²) in [4.78, 5) is 0. The largest absolute Gasteiger partial charge is 2.00 e. The molecular formula is H8BaCaO5S. The molecular weight excluding hydrogens is 289 g/mol. The van der Waals surface area contributed by atoms with Crippen LogP contribution in [0.3, 0.4) is 0 Å². The van der Waals surface area contributed by atoms with Gasteiger partial charge in [0, 0.05) is 0 Å². The summed E-state index contributed by atoms with van der Waals surface area (Å²) in [5.74, 6) is 0. The summed E-state index contributed by atoms with van der Waals surface area (Å²) in [5.41, 5.74) is 0. The van der Waals surface area contributed by atoms with Crippen molar-refractivity contribution in [3.05, 3.63) is 0 Å². The van der Waals surface area contributed by atoms with Crippen molar-refractivity contribution < 1.29 is 28.7 Å². The van der Waals surface area contributed by atoms with E-state index in [-0.39, 0.29) is 97.8 Å². The van der Waals surface area contributed by atoms with E-state index in [4.69, 9.17) is 17.5 Å². The van der Waals surface area contributed by atoms with E-state index in [0.717, 1.165) is 0 Å². The van der Waals surface area contributed by atoms with Crippen molar-refractivity contribution in [2.24, 2.45) is 0 Å². The van der Waals surface area contributed by atoms with Gasteiger partial charge >= 0.3 is 97.0 Å². The van der Waals surface area contributed by atoms with Gasteiger partial charge in [-0.2, -0.15) is 8.42 Å². The van der Waals surface area contributed by atoms with Gasteiger partial charge in [0.25, 0.3) is 0 Å². The van der Waals surface area contributed by atoms with Gasteiger partial charge in [-0.15, -0.1) is 0 Å². The minimum Gasteiger partial charge on any atom is -1.00 e. The average Bonchev–Trinajstić information content (AvgIpc) is 0.722. The second kappa shape index (κ2) is 9.66. The zero-order valence-corrected chi connectivity index (χ0v) is 11.5. The molecule has 0 spiro atoms. The maximum Gasteiger partial charge on any atom is 2.00 e. The minimum absolute atomic E-state index is 0. The Kier molecular flexibility index (Phi) is 27.1. The average molecular weight is 298 g/mol. The Balaban J connectivity index is -0.00000000381. The van der Waals surface area contributed by atoms with Gasteiger partial charge in [0.15, 0.2) is 0 Å². The van der Waals surface area contributed by atoms with Crippen LogP contribution in [-0.2, 0) is 10.4 Å². The Labute approximate surface area is 123 Å². The molecule has 0 aromatic rings. The molecule has 0 saturated carbocycles. The van der Waals surface area contributed by atoms with Crippen molar-refractivity contribution >= 4 is 97.0 Å². The molecule has 0 fully saturated rings. The van der Waals surface area contributed by atoms with Crippen molar-refractivity contribution in [2.75, 3.05) is 0 Å². The van der Waals surface area contributed by atoms with Gasteiger partial charge in [0.05, 0.1) is 0 Å². The van der Waals surface area contributed by atoms with Crippen LogP contribution in [0.2, 0.25) is 0 Å². The van der Waals surface area contributed by atoms with Crippen LogP contribution in [-0.4, -0.2) is 110 Å². The fourth-order valence-electron chi connectivity index (χ4n) is 0. The Morgan fingerprint density at radius 3 is 1.25 bits per heavy atom. The van der Waals surface area contributed by atoms with Gasteiger partial charge in [-0.25, -0.2) is 0 Å². The molecule has 8 heavy (non-hydrogen) atoms. The first kappa shape index (κ1) is 22.4. The van der Waals surface area contributed by atoms with Crippen LogP contribution in [0.4, 0.5) is 0 Å². The van der Waals surface area contributed by atoms with Crippen LogP contribution < -0.4 is 0 Å². The molecule has 8 heteroatoms. The molecule has 0 aliphatic rings. The minimum atomic E-state index is -4.67. The van der Waals surface area contributed by atoms with Gasteiger partial charge in [-0.05, 0) is 0 Å². The van der Waals surface area contributed by atoms with Crippen LogP contribution in [0, 0.1) is 0 Å². The monoisotopic (exact) mass is 298 g/mol. The molecule has 48 valence electrons. The molecule has 4 N–H and O–H groups in total. The van der Waals surface area contributed by atoms with Gasteiger partial charge in [-0.1, -0.05) is 0 Å². The number of hydrogen-bond acceptors (Lipinski definition) is 2. The van der Waals surface area contributed by atoms with E-state index in [2.05, 4.69) is 0 Å². The molecule has 0 unspecified atom stereocenters. The molecule has 0 saturated heterocycles. The first-order valence-electron chi connectivity index (χ1n) is 0.698. The first-order valence-corrected chi connectivity index (χ1v) is 2.10. The van der Waals surface area contributed by atoms with Crippen molar-refractivity contribution in [3.8, 4) is 0 Å². The molecule has 0 rings (SSSR count). The molecule has 0 radical (unpaired) electrons. The second-order valence-electron chi connectivity index (χ2n) is 0.448. The van der Waals surface area contributed by atoms with Crippen LogP contribution in [0.1, 0.15) is 5.71 Å². The Bertz CT molecular complexity index is 107. The number of rotatable bonds is 0. The quantitative estimate of drug-likeness (QED) is 0.407. The summed E-state index contributed by atoms with van der Waals surface area (Å²) in [7, 11) is -4.67. The molecule has 0 amide bonds. The van der Waals surface area contributed by atoms with Crippen LogP contribution in [0.15, 0.2) is 0 Å². The SMILES string of the molecule is O.O=S(=O)(O)O.[Ba+2].[Ca+2].[H-].[H-].[H-].[H-]. The van der Waals surface area contributed by atoms with E-state index in [1.54, 1.807) is 0 Å². The second-order valence-corrected chi connectivity index (χ2v) is 1.34. The Morgan fingerprint density at radius 1 is 1.25 bits per heavy atom. The fraction of sp³-hybridized carbons (Fsp3) is 0. The van der Waals surface area contributed by atoms with Crippen molar-refractivity contribution in [1.82, 2.24) is 0 Å². The van der Waals surface area contributed by atoms with E-state index in [9.17, 15) is 0 Å². The van der Waals surface area contributed by atoms with Crippen molar-refractivity contribution in [1.29, 1.82) is 0 Å². The van der Waals surface area contributed by atoms with Crippen LogP contribution in [0.5, 0.6) is 0 Å². The molecule has 0 aliphatic carbocycles. The van der Waals surface area contributed by atoms with E-state index in [0.29, 0.717) is 0 Å². The third kappa shape index (κ3) is 71.8. The first-order chi connectivity index (χ1) is 2.00.